The molecule has 0 aliphatic carbocycles. The van der Waals surface area contributed by atoms with Crippen LogP contribution in [0.25, 0.3) is 0 Å². The summed E-state index contributed by atoms with van der Waals surface area (Å²) < 4.78 is 9.95. The minimum Gasteiger partial charge on any atom is -0.385 e. The average molecular weight is 174 g/mol. The number of hydrogen-bond donors (Lipinski definition) is 0. The molecule has 0 aromatic heterocycles. The maximum absolute atomic E-state index is 10.9. The van der Waals surface area contributed by atoms with Gasteiger partial charge in [-0.15, -0.1) is 0 Å². The molecule has 0 spiro atoms. The molecule has 12 heavy (non-hydrogen) atoms. The number of ether oxygens (including phenoxy) is 2. The second-order valence-corrected chi connectivity index (χ2v) is 2.69. The van der Waals surface area contributed by atoms with Crippen LogP contribution >= 0.6 is 0 Å². The van der Waals surface area contributed by atoms with Gasteiger partial charge in [-0.3, -0.25) is 4.79 Å². The highest BCUT2D eigenvalue weighted by Gasteiger charge is 1.98. The quantitative estimate of drug-likeness (QED) is 0.522. The number of rotatable bonds is 8. The van der Waals surface area contributed by atoms with Crippen molar-refractivity contribution in [1.82, 2.24) is 0 Å². The third kappa shape index (κ3) is 7.69. The van der Waals surface area contributed by atoms with Crippen LogP contribution in [-0.2, 0) is 14.3 Å². The smallest absolute Gasteiger partial charge is 0.158 e. The highest BCUT2D eigenvalue weighted by atomic mass is 16.5. The molecule has 0 amide bonds. The predicted molar refractivity (Wildman–Crippen MR) is 47.2 cm³/mol. The fourth-order valence-electron chi connectivity index (χ4n) is 0.842. The van der Waals surface area contributed by atoms with E-state index in [0.29, 0.717) is 19.6 Å². The van der Waals surface area contributed by atoms with E-state index in [-0.39, 0.29) is 12.4 Å². The first-order chi connectivity index (χ1) is 5.81. The van der Waals surface area contributed by atoms with E-state index < -0.39 is 0 Å². The minimum absolute atomic E-state index is 0.190. The molecule has 0 bridgehead atoms. The van der Waals surface area contributed by atoms with E-state index in [1.165, 1.54) is 0 Å². The maximum Gasteiger partial charge on any atom is 0.158 e. The monoisotopic (exact) mass is 174 g/mol. The maximum atomic E-state index is 10.9. The lowest BCUT2D eigenvalue weighted by molar-refractivity contribution is -0.123. The molecule has 0 rings (SSSR count). The van der Waals surface area contributed by atoms with Crippen molar-refractivity contribution >= 4 is 5.78 Å². The van der Waals surface area contributed by atoms with Crippen LogP contribution in [0.15, 0.2) is 0 Å². The third-order valence-corrected chi connectivity index (χ3v) is 1.43. The Bertz CT molecular complexity index is 112. The van der Waals surface area contributed by atoms with Crippen LogP contribution in [0.3, 0.4) is 0 Å². The molecule has 0 heterocycles. The number of hydrogen-bond acceptors (Lipinski definition) is 3. The Kier molecular flexibility index (Phi) is 8.39. The molecule has 72 valence electrons. The summed E-state index contributed by atoms with van der Waals surface area (Å²) in [5, 5.41) is 0. The molecule has 0 aliphatic rings. The van der Waals surface area contributed by atoms with E-state index in [1.54, 1.807) is 7.11 Å². The van der Waals surface area contributed by atoms with Gasteiger partial charge in [-0.1, -0.05) is 6.92 Å². The Hall–Kier alpha value is -0.410. The van der Waals surface area contributed by atoms with Crippen LogP contribution in [0.2, 0.25) is 0 Å². The lowest BCUT2D eigenvalue weighted by atomic mass is 10.2. The summed E-state index contributed by atoms with van der Waals surface area (Å²) in [6.45, 7) is 3.56. The molecule has 0 N–H and O–H groups in total. The number of Topliss-reactive ketones (excluding diaryl/α,β-unsaturated/α-hetero) is 1. The summed E-state index contributed by atoms with van der Waals surface area (Å²) >= 11 is 0. The van der Waals surface area contributed by atoms with E-state index >= 15 is 0 Å². The van der Waals surface area contributed by atoms with Crippen molar-refractivity contribution in [3.63, 3.8) is 0 Å². The summed E-state index contributed by atoms with van der Waals surface area (Å²) in [6.07, 6.45) is 2.39. The molecular weight excluding hydrogens is 156 g/mol. The first-order valence-electron chi connectivity index (χ1n) is 4.39. The zero-order valence-electron chi connectivity index (χ0n) is 7.97. The zero-order valence-corrected chi connectivity index (χ0v) is 7.97. The van der Waals surface area contributed by atoms with Gasteiger partial charge in [0.15, 0.2) is 5.78 Å². The van der Waals surface area contributed by atoms with Crippen molar-refractivity contribution in [2.24, 2.45) is 0 Å². The van der Waals surface area contributed by atoms with E-state index in [9.17, 15) is 4.79 Å². The van der Waals surface area contributed by atoms with Gasteiger partial charge in [0.25, 0.3) is 0 Å². The normalized spacial score (nSPS) is 10.2. The van der Waals surface area contributed by atoms with Gasteiger partial charge in [-0.05, 0) is 12.8 Å². The second-order valence-electron chi connectivity index (χ2n) is 2.69. The van der Waals surface area contributed by atoms with Crippen molar-refractivity contribution in [3.8, 4) is 0 Å². The molecule has 3 nitrogen and oxygen atoms in total. The molecule has 0 aromatic carbocycles. The summed E-state index contributed by atoms with van der Waals surface area (Å²) in [5.74, 6) is 0.190. The molecule has 0 unspecified atom stereocenters. The Labute approximate surface area is 74.0 Å². The number of carbonyl (C=O) groups is 1. The number of ketones is 1. The van der Waals surface area contributed by atoms with Crippen molar-refractivity contribution < 1.29 is 14.3 Å². The lowest BCUT2D eigenvalue weighted by Gasteiger charge is -2.01. The Morgan fingerprint density at radius 1 is 1.33 bits per heavy atom. The highest BCUT2D eigenvalue weighted by molar-refractivity contribution is 5.79. The molecule has 0 radical (unpaired) electrons. The molecular formula is C9H18O3. The summed E-state index contributed by atoms with van der Waals surface area (Å²) in [4.78, 5) is 10.9. The highest BCUT2D eigenvalue weighted by Crippen LogP contribution is 1.91. The van der Waals surface area contributed by atoms with Crippen LogP contribution in [0, 0.1) is 0 Å². The van der Waals surface area contributed by atoms with Crippen molar-refractivity contribution in [2.75, 3.05) is 26.9 Å². The van der Waals surface area contributed by atoms with Crippen LogP contribution < -0.4 is 0 Å². The van der Waals surface area contributed by atoms with Gasteiger partial charge in [-0.25, -0.2) is 0 Å². The van der Waals surface area contributed by atoms with Crippen LogP contribution in [0.4, 0.5) is 0 Å². The SMILES string of the molecule is CCCC(=O)COCCCOC. The number of carbonyl (C=O) groups excluding carboxylic acids is 1. The molecule has 0 saturated carbocycles. The topological polar surface area (TPSA) is 35.5 Å². The van der Waals surface area contributed by atoms with Gasteiger partial charge in [0.05, 0.1) is 0 Å². The molecule has 3 heteroatoms. The Balaban J connectivity index is 3.03. The molecule has 0 aliphatic heterocycles. The minimum atomic E-state index is 0.190. The van der Waals surface area contributed by atoms with Crippen LogP contribution in [-0.4, -0.2) is 32.7 Å². The standard InChI is InChI=1S/C9H18O3/c1-3-5-9(10)8-12-7-4-6-11-2/h3-8H2,1-2H3. The molecule has 0 aromatic rings. The lowest BCUT2D eigenvalue weighted by Crippen LogP contribution is -2.09. The predicted octanol–water partition coefficient (Wildman–Crippen LogP) is 1.41. The third-order valence-electron chi connectivity index (χ3n) is 1.43. The van der Waals surface area contributed by atoms with E-state index in [4.69, 9.17) is 9.47 Å². The van der Waals surface area contributed by atoms with Gasteiger partial charge in [-0.2, -0.15) is 0 Å². The van der Waals surface area contributed by atoms with Crippen LogP contribution in [0.5, 0.6) is 0 Å². The average Bonchev–Trinajstić information content (AvgIpc) is 2.05. The Morgan fingerprint density at radius 2 is 2.08 bits per heavy atom. The first kappa shape index (κ1) is 11.6. The summed E-state index contributed by atoms with van der Waals surface area (Å²) in [6, 6.07) is 0. The van der Waals surface area contributed by atoms with Gasteiger partial charge >= 0.3 is 0 Å². The Morgan fingerprint density at radius 3 is 2.67 bits per heavy atom. The van der Waals surface area contributed by atoms with E-state index in [1.807, 2.05) is 6.92 Å². The second kappa shape index (κ2) is 8.68. The van der Waals surface area contributed by atoms with E-state index in [2.05, 4.69) is 0 Å². The summed E-state index contributed by atoms with van der Waals surface area (Å²) in [7, 11) is 1.65. The number of methoxy groups -OCH3 is 1. The fourth-order valence-corrected chi connectivity index (χ4v) is 0.842. The van der Waals surface area contributed by atoms with Gasteiger partial charge < -0.3 is 9.47 Å². The fraction of sp³-hybridized carbons (Fsp3) is 0.889. The first-order valence-corrected chi connectivity index (χ1v) is 4.39. The van der Waals surface area contributed by atoms with Gasteiger partial charge in [0.1, 0.15) is 6.61 Å². The van der Waals surface area contributed by atoms with Crippen LogP contribution in [0.1, 0.15) is 26.2 Å². The largest absolute Gasteiger partial charge is 0.385 e. The molecule has 0 atom stereocenters. The van der Waals surface area contributed by atoms with E-state index in [0.717, 1.165) is 12.8 Å². The van der Waals surface area contributed by atoms with Crippen molar-refractivity contribution in [1.29, 1.82) is 0 Å². The van der Waals surface area contributed by atoms with Crippen molar-refractivity contribution in [2.45, 2.75) is 26.2 Å². The van der Waals surface area contributed by atoms with Gasteiger partial charge in [0.2, 0.25) is 0 Å². The van der Waals surface area contributed by atoms with Gasteiger partial charge in [0, 0.05) is 26.7 Å². The molecule has 0 fully saturated rings. The summed E-state index contributed by atoms with van der Waals surface area (Å²) in [5.41, 5.74) is 0. The zero-order chi connectivity index (χ0) is 9.23. The molecule has 0 saturated heterocycles. The van der Waals surface area contributed by atoms with Crippen molar-refractivity contribution in [3.05, 3.63) is 0 Å².